The minimum absolute atomic E-state index is 0.153. The number of rotatable bonds is 9. The Hall–Kier alpha value is -3.50. The monoisotopic (exact) mass is 489 g/mol. The lowest BCUT2D eigenvalue weighted by Gasteiger charge is -2.13. The van der Waals surface area contributed by atoms with Gasteiger partial charge in [0.2, 0.25) is 5.91 Å². The molecule has 1 aliphatic heterocycles. The average Bonchev–Trinajstić information content (AvgIpc) is 3.02. The minimum atomic E-state index is -0.779. The maximum atomic E-state index is 12.4. The van der Waals surface area contributed by atoms with E-state index in [0.29, 0.717) is 46.1 Å². The van der Waals surface area contributed by atoms with E-state index in [1.165, 1.54) is 6.08 Å². The quantitative estimate of drug-likeness (QED) is 0.517. The fraction of sp³-hybridized carbons (Fsp3) is 0.182. The van der Waals surface area contributed by atoms with Gasteiger partial charge in [0, 0.05) is 10.7 Å². The van der Waals surface area contributed by atoms with Gasteiger partial charge in [0.05, 0.1) is 11.5 Å². The van der Waals surface area contributed by atoms with Crippen molar-refractivity contribution in [2.24, 2.45) is 5.73 Å². The number of thioether (sulfide) groups is 1. The van der Waals surface area contributed by atoms with Gasteiger partial charge in [-0.25, -0.2) is 0 Å². The van der Waals surface area contributed by atoms with E-state index in [-0.39, 0.29) is 17.4 Å². The van der Waals surface area contributed by atoms with Gasteiger partial charge in [-0.05, 0) is 66.7 Å². The van der Waals surface area contributed by atoms with Crippen LogP contribution in [0.3, 0.4) is 0 Å². The van der Waals surface area contributed by atoms with E-state index >= 15 is 0 Å². The van der Waals surface area contributed by atoms with Crippen molar-refractivity contribution >= 4 is 58.1 Å². The zero-order valence-electron chi connectivity index (χ0n) is 17.5. The number of ether oxygens (including phenoxy) is 2. The number of hydrogen-bond donors (Lipinski definition) is 2. The van der Waals surface area contributed by atoms with Gasteiger partial charge in [0.1, 0.15) is 6.54 Å². The largest absolute Gasteiger partial charge is 0.490 e. The number of benzene rings is 2. The maximum absolute atomic E-state index is 12.4. The number of amides is 4. The topological polar surface area (TPSA) is 128 Å². The summed E-state index contributed by atoms with van der Waals surface area (Å²) in [5.41, 5.74) is 6.24. The Bertz CT molecular complexity index is 1120. The zero-order valence-corrected chi connectivity index (χ0v) is 19.1. The zero-order chi connectivity index (χ0) is 24.0. The molecular weight excluding hydrogens is 470 g/mol. The minimum Gasteiger partial charge on any atom is -0.490 e. The summed E-state index contributed by atoms with van der Waals surface area (Å²) in [6, 6.07) is 11.5. The van der Waals surface area contributed by atoms with Gasteiger partial charge >= 0.3 is 0 Å². The van der Waals surface area contributed by atoms with Crippen LogP contribution in [0.25, 0.3) is 6.08 Å². The van der Waals surface area contributed by atoms with Gasteiger partial charge in [0.15, 0.2) is 18.1 Å². The molecule has 1 aliphatic rings. The summed E-state index contributed by atoms with van der Waals surface area (Å²) in [4.78, 5) is 48.6. The molecule has 0 saturated carbocycles. The number of hydrogen-bond acceptors (Lipinski definition) is 7. The van der Waals surface area contributed by atoms with Crippen molar-refractivity contribution in [3.05, 3.63) is 58.0 Å². The number of nitrogens with zero attached hydrogens (tertiary/aromatic N) is 1. The molecule has 0 aliphatic carbocycles. The number of carbonyl (C=O) groups is 4. The second-order valence-electron chi connectivity index (χ2n) is 6.72. The predicted molar refractivity (Wildman–Crippen MR) is 125 cm³/mol. The molecule has 0 spiro atoms. The summed E-state index contributed by atoms with van der Waals surface area (Å²) >= 11 is 6.55. The Balaban J connectivity index is 1.70. The second kappa shape index (κ2) is 10.9. The van der Waals surface area contributed by atoms with Gasteiger partial charge in [0.25, 0.3) is 17.1 Å². The molecule has 3 rings (SSSR count). The van der Waals surface area contributed by atoms with Gasteiger partial charge in [-0.2, -0.15) is 0 Å². The highest BCUT2D eigenvalue weighted by Crippen LogP contribution is 2.34. The second-order valence-corrected chi connectivity index (χ2v) is 8.15. The molecule has 9 nitrogen and oxygen atoms in total. The molecule has 0 aromatic heterocycles. The van der Waals surface area contributed by atoms with Crippen LogP contribution in [0, 0.1) is 0 Å². The first-order valence-electron chi connectivity index (χ1n) is 9.75. The van der Waals surface area contributed by atoms with Crippen LogP contribution in [0.5, 0.6) is 11.5 Å². The van der Waals surface area contributed by atoms with Crippen molar-refractivity contribution in [2.75, 3.05) is 25.1 Å². The fourth-order valence-electron chi connectivity index (χ4n) is 2.82. The van der Waals surface area contributed by atoms with Crippen molar-refractivity contribution in [3.63, 3.8) is 0 Å². The highest BCUT2D eigenvalue weighted by molar-refractivity contribution is 8.18. The average molecular weight is 490 g/mol. The van der Waals surface area contributed by atoms with Crippen molar-refractivity contribution < 1.29 is 28.7 Å². The summed E-state index contributed by atoms with van der Waals surface area (Å²) < 4.78 is 11.2. The summed E-state index contributed by atoms with van der Waals surface area (Å²) in [6.45, 7) is 1.40. The Morgan fingerprint density at radius 3 is 2.52 bits per heavy atom. The van der Waals surface area contributed by atoms with Crippen LogP contribution in [0.1, 0.15) is 12.5 Å². The number of primary amides is 1. The van der Waals surface area contributed by atoms with Gasteiger partial charge < -0.3 is 20.5 Å². The summed E-state index contributed by atoms with van der Waals surface area (Å²) in [5, 5.41) is 2.69. The first-order valence-corrected chi connectivity index (χ1v) is 10.9. The number of anilines is 1. The smallest absolute Gasteiger partial charge is 0.294 e. The predicted octanol–water partition coefficient (Wildman–Crippen LogP) is 3.28. The third-order valence-corrected chi connectivity index (χ3v) is 5.40. The van der Waals surface area contributed by atoms with Gasteiger partial charge in [-0.15, -0.1) is 0 Å². The van der Waals surface area contributed by atoms with E-state index in [4.69, 9.17) is 26.8 Å². The normalized spacial score (nSPS) is 14.5. The summed E-state index contributed by atoms with van der Waals surface area (Å²) in [6.07, 6.45) is 1.51. The van der Waals surface area contributed by atoms with Crippen LogP contribution >= 0.6 is 23.4 Å². The lowest BCUT2D eigenvalue weighted by Crippen LogP contribution is -2.36. The van der Waals surface area contributed by atoms with Crippen molar-refractivity contribution in [3.8, 4) is 11.5 Å². The number of nitrogens with one attached hydrogen (secondary N) is 1. The van der Waals surface area contributed by atoms with Crippen molar-refractivity contribution in [1.82, 2.24) is 4.90 Å². The SMILES string of the molecule is CCOc1cc(/C=C2\SC(=O)N(CC(N)=O)C2=O)ccc1OCC(=O)Nc1ccc(Cl)cc1. The molecule has 1 saturated heterocycles. The molecule has 0 atom stereocenters. The Kier molecular flexibility index (Phi) is 7.96. The molecule has 1 fully saturated rings. The molecule has 11 heteroatoms. The highest BCUT2D eigenvalue weighted by Gasteiger charge is 2.35. The van der Waals surface area contributed by atoms with E-state index in [2.05, 4.69) is 5.32 Å². The molecular formula is C22H20ClN3O6S. The van der Waals surface area contributed by atoms with Crippen LogP contribution < -0.4 is 20.5 Å². The first kappa shape index (κ1) is 24.1. The third-order valence-electron chi connectivity index (χ3n) is 4.24. The molecule has 172 valence electrons. The number of halogens is 1. The van der Waals surface area contributed by atoms with Crippen LogP contribution in [-0.4, -0.2) is 47.6 Å². The summed E-state index contributed by atoms with van der Waals surface area (Å²) in [5.74, 6) is -1.05. The third kappa shape index (κ3) is 6.50. The molecule has 4 amide bonds. The molecule has 33 heavy (non-hydrogen) atoms. The van der Waals surface area contributed by atoms with Gasteiger partial charge in [-0.3, -0.25) is 24.1 Å². The van der Waals surface area contributed by atoms with E-state index < -0.39 is 23.6 Å². The van der Waals surface area contributed by atoms with Crippen molar-refractivity contribution in [2.45, 2.75) is 6.92 Å². The van der Waals surface area contributed by atoms with Crippen LogP contribution in [0.4, 0.5) is 10.5 Å². The van der Waals surface area contributed by atoms with Gasteiger partial charge in [-0.1, -0.05) is 17.7 Å². The molecule has 0 radical (unpaired) electrons. The van der Waals surface area contributed by atoms with E-state index in [1.54, 1.807) is 49.4 Å². The fourth-order valence-corrected chi connectivity index (χ4v) is 3.78. The van der Waals surface area contributed by atoms with Crippen LogP contribution in [-0.2, 0) is 14.4 Å². The number of imide groups is 1. The molecule has 2 aromatic carbocycles. The van der Waals surface area contributed by atoms with E-state index in [1.807, 2.05) is 0 Å². The number of carbonyl (C=O) groups excluding carboxylic acids is 4. The highest BCUT2D eigenvalue weighted by atomic mass is 35.5. The molecule has 0 unspecified atom stereocenters. The van der Waals surface area contributed by atoms with Crippen LogP contribution in [0.2, 0.25) is 5.02 Å². The number of nitrogens with two attached hydrogens (primary N) is 1. The maximum Gasteiger partial charge on any atom is 0.294 e. The lowest BCUT2D eigenvalue weighted by molar-refractivity contribution is -0.127. The van der Waals surface area contributed by atoms with E-state index in [9.17, 15) is 19.2 Å². The molecule has 3 N–H and O–H groups in total. The molecule has 1 heterocycles. The Labute approximate surface area is 198 Å². The molecule has 0 bridgehead atoms. The Morgan fingerprint density at radius 2 is 1.85 bits per heavy atom. The standard InChI is InChI=1S/C22H20ClN3O6S/c1-2-31-17-9-13(10-18-21(29)26(11-19(24)27)22(30)33-18)3-8-16(17)32-12-20(28)25-15-6-4-14(23)5-7-15/h3-10H,2,11-12H2,1H3,(H2,24,27)(H,25,28)/b18-10-. The first-order chi connectivity index (χ1) is 15.8. The molecule has 2 aromatic rings. The van der Waals surface area contributed by atoms with E-state index in [0.717, 1.165) is 4.90 Å². The lowest BCUT2D eigenvalue weighted by atomic mass is 10.2. The van der Waals surface area contributed by atoms with Crippen LogP contribution in [0.15, 0.2) is 47.4 Å². The Morgan fingerprint density at radius 1 is 1.12 bits per heavy atom. The van der Waals surface area contributed by atoms with Crippen molar-refractivity contribution in [1.29, 1.82) is 0 Å². The summed E-state index contributed by atoms with van der Waals surface area (Å²) in [7, 11) is 0.